The van der Waals surface area contributed by atoms with Crippen molar-refractivity contribution in [3.8, 4) is 5.75 Å². The summed E-state index contributed by atoms with van der Waals surface area (Å²) in [5.74, 6) is 0.567. The van der Waals surface area contributed by atoms with Crippen molar-refractivity contribution in [1.29, 1.82) is 0 Å². The molecule has 1 aliphatic heterocycles. The van der Waals surface area contributed by atoms with E-state index in [1.807, 2.05) is 11.4 Å². The first-order valence-electron chi connectivity index (χ1n) is 5.78. The van der Waals surface area contributed by atoms with Crippen LogP contribution in [-0.2, 0) is 4.74 Å². The van der Waals surface area contributed by atoms with Crippen LogP contribution >= 0.6 is 27.3 Å². The first-order chi connectivity index (χ1) is 8.71. The smallest absolute Gasteiger partial charge is 0.265 e. The standard InChI is InChI=1S/C12H16BrNO3S/c1-16-9-2-7-18-10(9)11(15)14-12(8-13)3-5-17-6-4-12/h2,7H,3-6,8H2,1H3,(H,14,15). The molecule has 1 fully saturated rings. The summed E-state index contributed by atoms with van der Waals surface area (Å²) in [4.78, 5) is 12.9. The maximum absolute atomic E-state index is 12.3. The molecule has 0 spiro atoms. The molecule has 0 radical (unpaired) electrons. The van der Waals surface area contributed by atoms with Gasteiger partial charge in [-0.2, -0.15) is 0 Å². The average Bonchev–Trinajstić information content (AvgIpc) is 2.88. The molecule has 0 aromatic carbocycles. The molecule has 0 aliphatic carbocycles. The highest BCUT2D eigenvalue weighted by Gasteiger charge is 2.34. The maximum atomic E-state index is 12.3. The first kappa shape index (κ1) is 13.8. The van der Waals surface area contributed by atoms with Crippen molar-refractivity contribution < 1.29 is 14.3 Å². The number of thiophene rings is 1. The molecule has 1 aromatic rings. The van der Waals surface area contributed by atoms with Crippen LogP contribution in [0.15, 0.2) is 11.4 Å². The van der Waals surface area contributed by atoms with Crippen LogP contribution in [0.2, 0.25) is 0 Å². The fourth-order valence-electron chi connectivity index (χ4n) is 1.98. The van der Waals surface area contributed by atoms with Crippen LogP contribution in [0.3, 0.4) is 0 Å². The Kier molecular flexibility index (Phi) is 4.64. The van der Waals surface area contributed by atoms with Gasteiger partial charge >= 0.3 is 0 Å². The minimum Gasteiger partial charge on any atom is -0.495 e. The van der Waals surface area contributed by atoms with Crippen molar-refractivity contribution in [3.63, 3.8) is 0 Å². The molecule has 2 heterocycles. The van der Waals surface area contributed by atoms with Gasteiger partial charge in [0.15, 0.2) is 0 Å². The molecule has 0 saturated carbocycles. The minimum absolute atomic E-state index is 0.0665. The number of alkyl halides is 1. The normalized spacial score (nSPS) is 18.3. The van der Waals surface area contributed by atoms with Crippen molar-refractivity contribution in [1.82, 2.24) is 5.32 Å². The molecule has 1 N–H and O–H groups in total. The highest BCUT2D eigenvalue weighted by Crippen LogP contribution is 2.28. The second-order valence-electron chi connectivity index (χ2n) is 4.30. The first-order valence-corrected chi connectivity index (χ1v) is 7.78. The van der Waals surface area contributed by atoms with Crippen LogP contribution in [0.4, 0.5) is 0 Å². The van der Waals surface area contributed by atoms with Crippen molar-refractivity contribution in [3.05, 3.63) is 16.3 Å². The number of carbonyl (C=O) groups is 1. The molecule has 1 amide bonds. The SMILES string of the molecule is COc1ccsc1C(=O)NC1(CBr)CCOCC1. The number of hydrogen-bond donors (Lipinski definition) is 1. The lowest BCUT2D eigenvalue weighted by Crippen LogP contribution is -2.53. The number of halogens is 1. The molecular formula is C12H16BrNO3S. The summed E-state index contributed by atoms with van der Waals surface area (Å²) in [5.41, 5.74) is -0.204. The lowest BCUT2D eigenvalue weighted by Gasteiger charge is -2.36. The minimum atomic E-state index is -0.204. The lowest BCUT2D eigenvalue weighted by molar-refractivity contribution is 0.0442. The van der Waals surface area contributed by atoms with Gasteiger partial charge in [-0.1, -0.05) is 15.9 Å². The van der Waals surface area contributed by atoms with E-state index in [-0.39, 0.29) is 11.4 Å². The number of nitrogens with one attached hydrogen (secondary N) is 1. The number of ether oxygens (including phenoxy) is 2. The summed E-state index contributed by atoms with van der Waals surface area (Å²) in [6, 6.07) is 1.81. The highest BCUT2D eigenvalue weighted by atomic mass is 79.9. The second kappa shape index (κ2) is 6.04. The maximum Gasteiger partial charge on any atom is 0.265 e. The Morgan fingerprint density at radius 3 is 2.94 bits per heavy atom. The Hall–Kier alpha value is -0.590. The molecule has 1 aromatic heterocycles. The number of rotatable bonds is 4. The van der Waals surface area contributed by atoms with E-state index in [4.69, 9.17) is 9.47 Å². The van der Waals surface area contributed by atoms with E-state index in [1.54, 1.807) is 7.11 Å². The largest absolute Gasteiger partial charge is 0.495 e. The fraction of sp³-hybridized carbons (Fsp3) is 0.583. The average molecular weight is 334 g/mol. The molecule has 1 saturated heterocycles. The van der Waals surface area contributed by atoms with Gasteiger partial charge in [-0.15, -0.1) is 11.3 Å². The summed E-state index contributed by atoms with van der Waals surface area (Å²) in [6.07, 6.45) is 1.66. The summed E-state index contributed by atoms with van der Waals surface area (Å²) >= 11 is 4.89. The van der Waals surface area contributed by atoms with E-state index in [1.165, 1.54) is 11.3 Å². The van der Waals surface area contributed by atoms with Gasteiger partial charge in [0.05, 0.1) is 12.6 Å². The van der Waals surface area contributed by atoms with E-state index in [0.717, 1.165) is 18.2 Å². The summed E-state index contributed by atoms with van der Waals surface area (Å²) in [5, 5.41) is 5.72. The van der Waals surface area contributed by atoms with Crippen LogP contribution in [0, 0.1) is 0 Å². The highest BCUT2D eigenvalue weighted by molar-refractivity contribution is 9.09. The van der Waals surface area contributed by atoms with E-state index in [0.29, 0.717) is 23.8 Å². The molecule has 2 rings (SSSR count). The van der Waals surface area contributed by atoms with Gasteiger partial charge in [-0.25, -0.2) is 0 Å². The van der Waals surface area contributed by atoms with E-state index >= 15 is 0 Å². The summed E-state index contributed by atoms with van der Waals surface area (Å²) < 4.78 is 10.5. The van der Waals surface area contributed by atoms with Gasteiger partial charge in [-0.05, 0) is 24.3 Å². The molecule has 6 heteroatoms. The van der Waals surface area contributed by atoms with Crippen LogP contribution in [0.5, 0.6) is 5.75 Å². The van der Waals surface area contributed by atoms with Gasteiger partial charge in [0.1, 0.15) is 10.6 Å². The third-order valence-corrected chi connectivity index (χ3v) is 5.11. The van der Waals surface area contributed by atoms with E-state index < -0.39 is 0 Å². The van der Waals surface area contributed by atoms with Crippen molar-refractivity contribution in [2.75, 3.05) is 25.7 Å². The van der Waals surface area contributed by atoms with Crippen LogP contribution in [-0.4, -0.2) is 37.1 Å². The zero-order valence-electron chi connectivity index (χ0n) is 10.2. The molecule has 0 bridgehead atoms. The lowest BCUT2D eigenvalue weighted by atomic mass is 9.92. The fourth-order valence-corrected chi connectivity index (χ4v) is 3.43. The molecule has 100 valence electrons. The number of methoxy groups -OCH3 is 1. The van der Waals surface area contributed by atoms with Gasteiger partial charge in [-0.3, -0.25) is 4.79 Å². The molecular weight excluding hydrogens is 318 g/mol. The second-order valence-corrected chi connectivity index (χ2v) is 5.78. The van der Waals surface area contributed by atoms with Gasteiger partial charge < -0.3 is 14.8 Å². The summed E-state index contributed by atoms with van der Waals surface area (Å²) in [7, 11) is 1.58. The van der Waals surface area contributed by atoms with Crippen molar-refractivity contribution in [2.24, 2.45) is 0 Å². The zero-order valence-corrected chi connectivity index (χ0v) is 12.6. The van der Waals surface area contributed by atoms with E-state index in [9.17, 15) is 4.79 Å². The van der Waals surface area contributed by atoms with Crippen LogP contribution in [0.25, 0.3) is 0 Å². The topological polar surface area (TPSA) is 47.6 Å². The van der Waals surface area contributed by atoms with Gasteiger partial charge in [0.2, 0.25) is 0 Å². The monoisotopic (exact) mass is 333 g/mol. The quantitative estimate of drug-likeness (QED) is 0.861. The molecule has 4 nitrogen and oxygen atoms in total. The van der Waals surface area contributed by atoms with Crippen molar-refractivity contribution >= 4 is 33.2 Å². The third kappa shape index (κ3) is 2.87. The molecule has 18 heavy (non-hydrogen) atoms. The Balaban J connectivity index is 2.10. The predicted molar refractivity (Wildman–Crippen MR) is 74.9 cm³/mol. The Labute approximate surface area is 119 Å². The predicted octanol–water partition coefficient (Wildman–Crippen LogP) is 2.43. The Morgan fingerprint density at radius 2 is 2.33 bits per heavy atom. The Morgan fingerprint density at radius 1 is 1.61 bits per heavy atom. The van der Waals surface area contributed by atoms with Crippen LogP contribution < -0.4 is 10.1 Å². The van der Waals surface area contributed by atoms with Crippen LogP contribution in [0.1, 0.15) is 22.5 Å². The van der Waals surface area contributed by atoms with Gasteiger partial charge in [0, 0.05) is 18.5 Å². The van der Waals surface area contributed by atoms with Gasteiger partial charge in [0.25, 0.3) is 5.91 Å². The van der Waals surface area contributed by atoms with Crippen molar-refractivity contribution in [2.45, 2.75) is 18.4 Å². The number of carbonyl (C=O) groups excluding carboxylic acids is 1. The molecule has 0 unspecified atom stereocenters. The molecule has 0 atom stereocenters. The Bertz CT molecular complexity index is 415. The molecule has 1 aliphatic rings. The number of amides is 1. The third-order valence-electron chi connectivity index (χ3n) is 3.14. The zero-order chi connectivity index (χ0) is 13.0. The number of hydrogen-bond acceptors (Lipinski definition) is 4. The summed E-state index contributed by atoms with van der Waals surface area (Å²) in [6.45, 7) is 1.38. The van der Waals surface area contributed by atoms with E-state index in [2.05, 4.69) is 21.2 Å².